The molecule has 1 atom stereocenters. The van der Waals surface area contributed by atoms with Gasteiger partial charge in [-0.3, -0.25) is 4.79 Å². The van der Waals surface area contributed by atoms with E-state index in [9.17, 15) is 23.4 Å². The number of phenolic OH excluding ortho intramolecular Hbond substituents is 1. The first-order valence-corrected chi connectivity index (χ1v) is 8.79. The van der Waals surface area contributed by atoms with Crippen LogP contribution in [0.1, 0.15) is 19.3 Å². The number of hydrogen-bond acceptors (Lipinski definition) is 4. The summed E-state index contributed by atoms with van der Waals surface area (Å²) >= 11 is 8.85. The number of carbonyl (C=O) groups is 1. The van der Waals surface area contributed by atoms with Crippen molar-refractivity contribution < 1.29 is 23.4 Å². The van der Waals surface area contributed by atoms with E-state index in [1.807, 2.05) is 0 Å². The van der Waals surface area contributed by atoms with Gasteiger partial charge in [0.05, 0.1) is 4.47 Å². The summed E-state index contributed by atoms with van der Waals surface area (Å²) in [6.45, 7) is 0.100. The van der Waals surface area contributed by atoms with Gasteiger partial charge in [0.15, 0.2) is 0 Å². The summed E-state index contributed by atoms with van der Waals surface area (Å²) in [6, 6.07) is 1.35. The molecule has 1 aromatic carbocycles. The molecule has 1 aromatic rings. The van der Waals surface area contributed by atoms with Crippen LogP contribution in [0.4, 0.5) is 0 Å². The van der Waals surface area contributed by atoms with Crippen LogP contribution in [0.3, 0.4) is 0 Å². The van der Waals surface area contributed by atoms with E-state index < -0.39 is 32.7 Å². The zero-order valence-corrected chi connectivity index (χ0v) is 13.9. The van der Waals surface area contributed by atoms with Crippen LogP contribution < -0.4 is 0 Å². The first-order valence-electron chi connectivity index (χ1n) is 6.18. The third-order valence-electron chi connectivity index (χ3n) is 3.32. The highest BCUT2D eigenvalue weighted by Gasteiger charge is 2.39. The summed E-state index contributed by atoms with van der Waals surface area (Å²) in [5.41, 5.74) is 0. The van der Waals surface area contributed by atoms with Crippen LogP contribution in [0.15, 0.2) is 21.5 Å². The lowest BCUT2D eigenvalue weighted by atomic mass is 10.1. The topological polar surface area (TPSA) is 94.9 Å². The Balaban J connectivity index is 2.53. The van der Waals surface area contributed by atoms with Crippen molar-refractivity contribution in [2.24, 2.45) is 0 Å². The van der Waals surface area contributed by atoms with Crippen molar-refractivity contribution in [3.8, 4) is 5.75 Å². The zero-order chi connectivity index (χ0) is 15.8. The Bertz CT molecular complexity index is 678. The number of phenols is 1. The Morgan fingerprint density at radius 1 is 1.38 bits per heavy atom. The van der Waals surface area contributed by atoms with Gasteiger partial charge in [-0.05, 0) is 47.3 Å². The SMILES string of the molecule is O=C(O)[C@@H]1CCCCN1S(=O)(=O)c1cc(Cl)cc(Br)c1O. The summed E-state index contributed by atoms with van der Waals surface area (Å²) in [6.07, 6.45) is 1.47. The number of sulfonamides is 1. The fourth-order valence-corrected chi connectivity index (χ4v) is 5.09. The number of rotatable bonds is 3. The molecule has 0 saturated carbocycles. The quantitative estimate of drug-likeness (QED) is 0.815. The first-order chi connectivity index (χ1) is 9.75. The molecule has 1 saturated heterocycles. The number of carboxylic acids is 1. The van der Waals surface area contributed by atoms with E-state index in [2.05, 4.69) is 15.9 Å². The monoisotopic (exact) mass is 397 g/mol. The molecule has 21 heavy (non-hydrogen) atoms. The Morgan fingerprint density at radius 2 is 2.05 bits per heavy atom. The molecule has 9 heteroatoms. The van der Waals surface area contributed by atoms with Crippen molar-refractivity contribution in [1.29, 1.82) is 0 Å². The molecular formula is C12H13BrClNO5S. The van der Waals surface area contributed by atoms with Crippen LogP contribution >= 0.6 is 27.5 Å². The largest absolute Gasteiger partial charge is 0.505 e. The molecule has 2 rings (SSSR count). The molecule has 1 aliphatic heterocycles. The summed E-state index contributed by atoms with van der Waals surface area (Å²) in [5, 5.41) is 19.3. The van der Waals surface area contributed by atoms with Gasteiger partial charge in [0.25, 0.3) is 0 Å². The molecule has 0 bridgehead atoms. The smallest absolute Gasteiger partial charge is 0.322 e. The minimum absolute atomic E-state index is 0.100. The maximum Gasteiger partial charge on any atom is 0.322 e. The molecule has 0 radical (unpaired) electrons. The van der Waals surface area contributed by atoms with Gasteiger partial charge in [0, 0.05) is 11.6 Å². The number of halogens is 2. The molecule has 0 aromatic heterocycles. The minimum atomic E-state index is -4.14. The molecule has 0 aliphatic carbocycles. The summed E-state index contributed by atoms with van der Waals surface area (Å²) in [7, 11) is -4.14. The van der Waals surface area contributed by atoms with Crippen molar-refractivity contribution in [2.45, 2.75) is 30.2 Å². The number of aromatic hydroxyl groups is 1. The highest BCUT2D eigenvalue weighted by atomic mass is 79.9. The number of nitrogens with zero attached hydrogens (tertiary/aromatic N) is 1. The molecular weight excluding hydrogens is 386 g/mol. The lowest BCUT2D eigenvalue weighted by molar-refractivity contribution is -0.142. The number of piperidine rings is 1. The highest BCUT2D eigenvalue weighted by Crippen LogP contribution is 2.37. The van der Waals surface area contributed by atoms with E-state index in [1.165, 1.54) is 6.07 Å². The van der Waals surface area contributed by atoms with E-state index in [4.69, 9.17) is 11.6 Å². The summed E-state index contributed by atoms with van der Waals surface area (Å²) in [4.78, 5) is 10.9. The third kappa shape index (κ3) is 3.18. The van der Waals surface area contributed by atoms with E-state index in [-0.39, 0.29) is 22.5 Å². The van der Waals surface area contributed by atoms with Crippen LogP contribution in [0.25, 0.3) is 0 Å². The molecule has 116 valence electrons. The lowest BCUT2D eigenvalue weighted by Gasteiger charge is -2.32. The van der Waals surface area contributed by atoms with E-state index >= 15 is 0 Å². The van der Waals surface area contributed by atoms with Crippen molar-refractivity contribution in [2.75, 3.05) is 6.54 Å². The standard InChI is InChI=1S/C12H13BrClNO5S/c13-8-5-7(14)6-10(11(8)16)21(19,20)15-4-2-1-3-9(15)12(17)18/h5-6,9,16H,1-4H2,(H,17,18)/t9-/m0/s1. The maximum atomic E-state index is 12.7. The minimum Gasteiger partial charge on any atom is -0.505 e. The molecule has 1 heterocycles. The van der Waals surface area contributed by atoms with Crippen LogP contribution in [-0.4, -0.2) is 41.5 Å². The van der Waals surface area contributed by atoms with Crippen LogP contribution in [0.5, 0.6) is 5.75 Å². The zero-order valence-electron chi connectivity index (χ0n) is 10.8. The predicted octanol–water partition coefficient (Wildman–Crippen LogP) is 2.44. The second-order valence-electron chi connectivity index (χ2n) is 4.70. The van der Waals surface area contributed by atoms with Crippen molar-refractivity contribution in [3.63, 3.8) is 0 Å². The normalized spacial score (nSPS) is 20.4. The van der Waals surface area contributed by atoms with Crippen LogP contribution in [-0.2, 0) is 14.8 Å². The van der Waals surface area contributed by atoms with Gasteiger partial charge in [-0.25, -0.2) is 8.42 Å². The maximum absolute atomic E-state index is 12.7. The van der Waals surface area contributed by atoms with Crippen molar-refractivity contribution in [3.05, 3.63) is 21.6 Å². The van der Waals surface area contributed by atoms with Gasteiger partial charge in [-0.15, -0.1) is 0 Å². The van der Waals surface area contributed by atoms with Gasteiger partial charge >= 0.3 is 5.97 Å². The van der Waals surface area contributed by atoms with Gasteiger partial charge in [-0.2, -0.15) is 4.31 Å². The molecule has 0 spiro atoms. The van der Waals surface area contributed by atoms with Crippen molar-refractivity contribution >= 4 is 43.5 Å². The summed E-state index contributed by atoms with van der Waals surface area (Å²) < 4.78 is 26.4. The molecule has 0 amide bonds. The van der Waals surface area contributed by atoms with Crippen LogP contribution in [0.2, 0.25) is 5.02 Å². The van der Waals surface area contributed by atoms with Gasteiger partial charge in [0.1, 0.15) is 16.7 Å². The average Bonchev–Trinajstić information content (AvgIpc) is 2.42. The summed E-state index contributed by atoms with van der Waals surface area (Å²) in [5.74, 6) is -1.67. The van der Waals surface area contributed by atoms with Gasteiger partial charge in [-0.1, -0.05) is 11.6 Å². The Kier molecular flexibility index (Phi) is 4.82. The Morgan fingerprint density at radius 3 is 2.67 bits per heavy atom. The number of aliphatic carboxylic acids is 1. The Hall–Kier alpha value is -0.830. The highest BCUT2D eigenvalue weighted by molar-refractivity contribution is 9.10. The molecule has 1 aliphatic rings. The second-order valence-corrected chi connectivity index (χ2v) is 7.85. The van der Waals surface area contributed by atoms with E-state index in [1.54, 1.807) is 0 Å². The Labute approximate surface area is 135 Å². The van der Waals surface area contributed by atoms with Crippen molar-refractivity contribution in [1.82, 2.24) is 4.31 Å². The average molecular weight is 399 g/mol. The first kappa shape index (κ1) is 16.5. The van der Waals surface area contributed by atoms with Crippen LogP contribution in [0, 0.1) is 0 Å². The van der Waals surface area contributed by atoms with Gasteiger partial charge < -0.3 is 10.2 Å². The van der Waals surface area contributed by atoms with E-state index in [0.717, 1.165) is 10.4 Å². The number of carboxylic acid groups (broad SMARTS) is 1. The number of hydrogen-bond donors (Lipinski definition) is 2. The number of benzene rings is 1. The molecule has 1 fully saturated rings. The second kappa shape index (κ2) is 6.12. The molecule has 0 unspecified atom stereocenters. The fraction of sp³-hybridized carbons (Fsp3) is 0.417. The fourth-order valence-electron chi connectivity index (χ4n) is 2.30. The van der Waals surface area contributed by atoms with E-state index in [0.29, 0.717) is 12.8 Å². The molecule has 2 N–H and O–H groups in total. The van der Waals surface area contributed by atoms with Gasteiger partial charge in [0.2, 0.25) is 10.0 Å². The molecule has 6 nitrogen and oxygen atoms in total. The predicted molar refractivity (Wildman–Crippen MR) is 80.0 cm³/mol. The lowest BCUT2D eigenvalue weighted by Crippen LogP contribution is -2.47. The third-order valence-corrected chi connectivity index (χ3v) is 6.06.